The van der Waals surface area contributed by atoms with Crippen LogP contribution in [0.1, 0.15) is 11.1 Å². The van der Waals surface area contributed by atoms with E-state index in [9.17, 15) is 13.2 Å². The van der Waals surface area contributed by atoms with Gasteiger partial charge >= 0.3 is 6.18 Å². The molecule has 1 nitrogen and oxygen atoms in total. The first-order valence-electron chi connectivity index (χ1n) is 3.79. The molecule has 0 saturated carbocycles. The molecule has 0 aliphatic rings. The fraction of sp³-hybridized carbons (Fsp3) is 0.333. The Morgan fingerprint density at radius 1 is 1.36 bits per heavy atom. The summed E-state index contributed by atoms with van der Waals surface area (Å²) in [6.45, 7) is 0. The summed E-state index contributed by atoms with van der Waals surface area (Å²) in [4.78, 5) is 0. The highest BCUT2D eigenvalue weighted by Gasteiger charge is 2.33. The van der Waals surface area contributed by atoms with Gasteiger partial charge in [-0.25, -0.2) is 0 Å². The second-order valence-electron chi connectivity index (χ2n) is 2.65. The SMILES string of the molecule is COc1ccc(CBr)c(C(F)(F)F)c1. The Labute approximate surface area is 88.0 Å². The highest BCUT2D eigenvalue weighted by Crippen LogP contribution is 2.35. The fourth-order valence-electron chi connectivity index (χ4n) is 1.06. The molecule has 0 bridgehead atoms. The van der Waals surface area contributed by atoms with Crippen molar-refractivity contribution < 1.29 is 17.9 Å². The van der Waals surface area contributed by atoms with Crippen molar-refractivity contribution in [3.05, 3.63) is 29.3 Å². The van der Waals surface area contributed by atoms with Gasteiger partial charge in [0.25, 0.3) is 0 Å². The van der Waals surface area contributed by atoms with Gasteiger partial charge in [-0.15, -0.1) is 0 Å². The number of methoxy groups -OCH3 is 1. The van der Waals surface area contributed by atoms with Gasteiger partial charge in [-0.05, 0) is 17.7 Å². The number of hydrogen-bond acceptors (Lipinski definition) is 1. The molecule has 0 radical (unpaired) electrons. The Morgan fingerprint density at radius 3 is 2.43 bits per heavy atom. The van der Waals surface area contributed by atoms with Crippen molar-refractivity contribution in [1.29, 1.82) is 0 Å². The van der Waals surface area contributed by atoms with Gasteiger partial charge in [0.1, 0.15) is 5.75 Å². The zero-order valence-electron chi connectivity index (χ0n) is 7.36. The highest BCUT2D eigenvalue weighted by molar-refractivity contribution is 9.08. The molecule has 0 aliphatic carbocycles. The number of hydrogen-bond donors (Lipinski definition) is 0. The molecular weight excluding hydrogens is 261 g/mol. The Bertz CT molecular complexity index is 322. The van der Waals surface area contributed by atoms with Gasteiger partial charge in [-0.2, -0.15) is 13.2 Å². The van der Waals surface area contributed by atoms with Crippen molar-refractivity contribution in [2.24, 2.45) is 0 Å². The zero-order valence-corrected chi connectivity index (χ0v) is 8.95. The standard InChI is InChI=1S/C9H8BrF3O/c1-14-7-3-2-6(5-10)8(4-7)9(11,12)13/h2-4H,5H2,1H3. The summed E-state index contributed by atoms with van der Waals surface area (Å²) < 4.78 is 42.2. The van der Waals surface area contributed by atoms with Crippen LogP contribution in [0.2, 0.25) is 0 Å². The molecule has 0 N–H and O–H groups in total. The van der Waals surface area contributed by atoms with Gasteiger partial charge in [0.2, 0.25) is 0 Å². The molecule has 0 heterocycles. The van der Waals surface area contributed by atoms with E-state index in [4.69, 9.17) is 4.74 Å². The van der Waals surface area contributed by atoms with E-state index in [0.717, 1.165) is 6.07 Å². The molecule has 0 atom stereocenters. The Balaban J connectivity index is 3.22. The number of ether oxygens (including phenoxy) is 1. The summed E-state index contributed by atoms with van der Waals surface area (Å²) in [5.74, 6) is 0.210. The highest BCUT2D eigenvalue weighted by atomic mass is 79.9. The van der Waals surface area contributed by atoms with Crippen LogP contribution in [0.3, 0.4) is 0 Å². The smallest absolute Gasteiger partial charge is 0.416 e. The second kappa shape index (κ2) is 4.21. The van der Waals surface area contributed by atoms with Crippen LogP contribution in [0.15, 0.2) is 18.2 Å². The number of alkyl halides is 4. The predicted octanol–water partition coefficient (Wildman–Crippen LogP) is 3.61. The van der Waals surface area contributed by atoms with Crippen molar-refractivity contribution in [3.8, 4) is 5.75 Å². The summed E-state index contributed by atoms with van der Waals surface area (Å²) in [5, 5.41) is 0.172. The van der Waals surface area contributed by atoms with Crippen LogP contribution in [-0.4, -0.2) is 7.11 Å². The molecule has 5 heteroatoms. The summed E-state index contributed by atoms with van der Waals surface area (Å²) in [5.41, 5.74) is -0.452. The van der Waals surface area contributed by atoms with Crippen molar-refractivity contribution in [1.82, 2.24) is 0 Å². The summed E-state index contributed by atoms with van der Waals surface area (Å²) in [7, 11) is 1.34. The third kappa shape index (κ3) is 2.41. The molecular formula is C9H8BrF3O. The van der Waals surface area contributed by atoms with E-state index in [0.29, 0.717) is 0 Å². The molecule has 78 valence electrons. The first-order valence-corrected chi connectivity index (χ1v) is 4.91. The number of rotatable bonds is 2. The molecule has 0 fully saturated rings. The van der Waals surface area contributed by atoms with Crippen molar-refractivity contribution in [2.75, 3.05) is 7.11 Å². The number of benzene rings is 1. The van der Waals surface area contributed by atoms with Crippen LogP contribution in [-0.2, 0) is 11.5 Å². The molecule has 1 rings (SSSR count). The third-order valence-corrected chi connectivity index (χ3v) is 2.37. The van der Waals surface area contributed by atoms with Gasteiger partial charge in [0, 0.05) is 5.33 Å². The van der Waals surface area contributed by atoms with Crippen LogP contribution < -0.4 is 4.74 Å². The molecule has 0 spiro atoms. The van der Waals surface area contributed by atoms with Gasteiger partial charge in [-0.3, -0.25) is 0 Å². The van der Waals surface area contributed by atoms with Crippen molar-refractivity contribution in [2.45, 2.75) is 11.5 Å². The minimum absolute atomic E-state index is 0.172. The van der Waals surface area contributed by atoms with Gasteiger partial charge in [0.15, 0.2) is 0 Å². The summed E-state index contributed by atoms with van der Waals surface area (Å²) >= 11 is 3.01. The zero-order chi connectivity index (χ0) is 10.8. The monoisotopic (exact) mass is 268 g/mol. The van der Waals surface area contributed by atoms with Crippen molar-refractivity contribution >= 4 is 15.9 Å². The normalized spacial score (nSPS) is 11.5. The molecule has 1 aromatic rings. The van der Waals surface area contributed by atoms with Crippen LogP contribution in [0.5, 0.6) is 5.75 Å². The quantitative estimate of drug-likeness (QED) is 0.745. The Morgan fingerprint density at radius 2 is 2.00 bits per heavy atom. The Hall–Kier alpha value is -0.710. The molecule has 0 aliphatic heterocycles. The van der Waals surface area contributed by atoms with E-state index in [1.54, 1.807) is 0 Å². The van der Waals surface area contributed by atoms with E-state index >= 15 is 0 Å². The topological polar surface area (TPSA) is 9.23 Å². The maximum absolute atomic E-state index is 12.5. The van der Waals surface area contributed by atoms with Crippen molar-refractivity contribution in [3.63, 3.8) is 0 Å². The lowest BCUT2D eigenvalue weighted by Gasteiger charge is -2.12. The third-order valence-electron chi connectivity index (χ3n) is 1.77. The summed E-state index contributed by atoms with van der Waals surface area (Å²) in [6, 6.07) is 3.90. The largest absolute Gasteiger partial charge is 0.497 e. The molecule has 0 aromatic heterocycles. The van der Waals surface area contributed by atoms with Gasteiger partial charge in [0.05, 0.1) is 12.7 Å². The molecule has 0 amide bonds. The maximum atomic E-state index is 12.5. The van der Waals surface area contributed by atoms with E-state index in [2.05, 4.69) is 15.9 Å². The lowest BCUT2D eigenvalue weighted by Crippen LogP contribution is -2.08. The molecule has 1 aromatic carbocycles. The van der Waals surface area contributed by atoms with Gasteiger partial charge in [-0.1, -0.05) is 22.0 Å². The van der Waals surface area contributed by atoms with E-state index in [1.165, 1.54) is 19.2 Å². The minimum atomic E-state index is -4.34. The fourth-order valence-corrected chi connectivity index (χ4v) is 1.55. The molecule has 14 heavy (non-hydrogen) atoms. The van der Waals surface area contributed by atoms with Crippen LogP contribution in [0, 0.1) is 0 Å². The van der Waals surface area contributed by atoms with E-state index in [1.807, 2.05) is 0 Å². The van der Waals surface area contributed by atoms with Crippen LogP contribution in [0.25, 0.3) is 0 Å². The number of halogens is 4. The Kier molecular flexibility index (Phi) is 3.42. The average molecular weight is 269 g/mol. The lowest BCUT2D eigenvalue weighted by molar-refractivity contribution is -0.138. The predicted molar refractivity (Wildman–Crippen MR) is 50.6 cm³/mol. The van der Waals surface area contributed by atoms with Crippen LogP contribution in [0.4, 0.5) is 13.2 Å². The average Bonchev–Trinajstić information content (AvgIpc) is 2.15. The van der Waals surface area contributed by atoms with E-state index < -0.39 is 11.7 Å². The molecule has 0 saturated heterocycles. The minimum Gasteiger partial charge on any atom is -0.497 e. The van der Waals surface area contributed by atoms with E-state index in [-0.39, 0.29) is 16.6 Å². The molecule has 0 unspecified atom stereocenters. The van der Waals surface area contributed by atoms with Gasteiger partial charge < -0.3 is 4.74 Å². The van der Waals surface area contributed by atoms with Crippen LogP contribution >= 0.6 is 15.9 Å². The first kappa shape index (κ1) is 11.4. The maximum Gasteiger partial charge on any atom is 0.416 e. The lowest BCUT2D eigenvalue weighted by atomic mass is 10.1. The first-order chi connectivity index (χ1) is 6.49. The second-order valence-corrected chi connectivity index (χ2v) is 3.22. The summed E-state index contributed by atoms with van der Waals surface area (Å²) in [6.07, 6.45) is -4.34.